The Morgan fingerprint density at radius 1 is 1.00 bits per heavy atom. The number of amides is 2. The second kappa shape index (κ2) is 7.99. The summed E-state index contributed by atoms with van der Waals surface area (Å²) in [4.78, 5) is 30.6. The molecule has 0 aliphatic carbocycles. The average molecular weight is 443 g/mol. The van der Waals surface area contributed by atoms with Crippen LogP contribution in [-0.2, 0) is 11.3 Å². The van der Waals surface area contributed by atoms with Crippen LogP contribution in [0.5, 0.6) is 0 Å². The quantitative estimate of drug-likeness (QED) is 0.642. The number of aliphatic imine (C=N–C) groups is 1. The molecule has 5 nitrogen and oxygen atoms in total. The summed E-state index contributed by atoms with van der Waals surface area (Å²) in [5, 5.41) is 3.43. The maximum absolute atomic E-state index is 14.3. The van der Waals surface area contributed by atoms with Crippen LogP contribution in [0.4, 0.5) is 13.2 Å². The molecular weight excluding hydrogens is 427 g/mol. The third-order valence-corrected chi connectivity index (χ3v) is 5.62. The standard InChI is InChI=1S/C22H16F3N3O2S/c23-22(24,25)21(27-19(29)17-12-7-13-31-17)20(30)28(14-15-8-3-1-4-9-15)18(26-21)16-10-5-2-6-11-16/h1-13H,14H2,(H,27,29). The normalized spacial score (nSPS) is 18.7. The van der Waals surface area contributed by atoms with Gasteiger partial charge in [-0.15, -0.1) is 11.3 Å². The van der Waals surface area contributed by atoms with E-state index in [1.54, 1.807) is 66.0 Å². The third-order valence-electron chi connectivity index (χ3n) is 4.75. The zero-order chi connectivity index (χ0) is 22.1. The van der Waals surface area contributed by atoms with Crippen molar-refractivity contribution < 1.29 is 22.8 Å². The second-order valence-electron chi connectivity index (χ2n) is 6.82. The molecule has 3 aromatic rings. The maximum atomic E-state index is 14.3. The molecule has 0 saturated carbocycles. The van der Waals surface area contributed by atoms with Gasteiger partial charge in [0.25, 0.3) is 11.8 Å². The highest BCUT2D eigenvalue weighted by Gasteiger charge is 2.67. The SMILES string of the molecule is O=C(NC1(C(F)(F)F)N=C(c2ccccc2)N(Cc2ccccc2)C1=O)c1cccs1. The number of benzene rings is 2. The average Bonchev–Trinajstić information content (AvgIpc) is 3.38. The molecule has 0 fully saturated rings. The molecule has 2 amide bonds. The summed E-state index contributed by atoms with van der Waals surface area (Å²) in [6, 6.07) is 19.7. The third kappa shape index (κ3) is 3.84. The number of halogens is 3. The molecule has 1 atom stereocenters. The molecule has 4 rings (SSSR count). The van der Waals surface area contributed by atoms with E-state index in [0.29, 0.717) is 11.1 Å². The van der Waals surface area contributed by atoms with Crippen molar-refractivity contribution in [2.24, 2.45) is 4.99 Å². The van der Waals surface area contributed by atoms with Gasteiger partial charge in [0, 0.05) is 5.56 Å². The van der Waals surface area contributed by atoms with Crippen molar-refractivity contribution in [2.75, 3.05) is 0 Å². The number of amidine groups is 1. The zero-order valence-electron chi connectivity index (χ0n) is 16.0. The van der Waals surface area contributed by atoms with E-state index in [-0.39, 0.29) is 17.3 Å². The summed E-state index contributed by atoms with van der Waals surface area (Å²) in [7, 11) is 0. The summed E-state index contributed by atoms with van der Waals surface area (Å²) in [5.41, 5.74) is -2.45. The van der Waals surface area contributed by atoms with Crippen LogP contribution in [0.1, 0.15) is 20.8 Å². The van der Waals surface area contributed by atoms with Crippen molar-refractivity contribution >= 4 is 29.0 Å². The molecule has 31 heavy (non-hydrogen) atoms. The van der Waals surface area contributed by atoms with Crippen LogP contribution in [0.15, 0.2) is 83.2 Å². The predicted molar refractivity (Wildman–Crippen MR) is 111 cm³/mol. The number of carbonyl (C=O) groups excluding carboxylic acids is 2. The Labute approximate surface area is 179 Å². The number of nitrogens with zero attached hydrogens (tertiary/aromatic N) is 2. The summed E-state index contributed by atoms with van der Waals surface area (Å²) >= 11 is 0.973. The Morgan fingerprint density at radius 2 is 1.65 bits per heavy atom. The molecule has 9 heteroatoms. The van der Waals surface area contributed by atoms with E-state index in [2.05, 4.69) is 4.99 Å². The van der Waals surface area contributed by atoms with E-state index >= 15 is 0 Å². The number of hydrogen-bond acceptors (Lipinski definition) is 4. The highest BCUT2D eigenvalue weighted by atomic mass is 32.1. The van der Waals surface area contributed by atoms with E-state index in [1.807, 2.05) is 5.32 Å². The monoisotopic (exact) mass is 443 g/mol. The molecular formula is C22H16F3N3O2S. The van der Waals surface area contributed by atoms with Crippen LogP contribution < -0.4 is 5.32 Å². The van der Waals surface area contributed by atoms with Gasteiger partial charge in [0.2, 0.25) is 0 Å². The molecule has 0 bridgehead atoms. The minimum absolute atomic E-state index is 0.0504. The van der Waals surface area contributed by atoms with Crippen molar-refractivity contribution in [3.8, 4) is 0 Å². The van der Waals surface area contributed by atoms with Gasteiger partial charge in [-0.25, -0.2) is 4.99 Å². The lowest BCUT2D eigenvalue weighted by Gasteiger charge is -2.29. The molecule has 1 aromatic heterocycles. The van der Waals surface area contributed by atoms with Crippen molar-refractivity contribution in [3.05, 3.63) is 94.2 Å². The van der Waals surface area contributed by atoms with Crippen molar-refractivity contribution in [3.63, 3.8) is 0 Å². The maximum Gasteiger partial charge on any atom is 0.442 e. The van der Waals surface area contributed by atoms with Crippen LogP contribution in [0.2, 0.25) is 0 Å². The first-order valence-corrected chi connectivity index (χ1v) is 10.1. The second-order valence-corrected chi connectivity index (χ2v) is 7.77. The topological polar surface area (TPSA) is 61.8 Å². The van der Waals surface area contributed by atoms with Gasteiger partial charge in [-0.05, 0) is 17.0 Å². The number of rotatable bonds is 5. The lowest BCUT2D eigenvalue weighted by atomic mass is 10.1. The van der Waals surface area contributed by atoms with E-state index in [0.717, 1.165) is 16.2 Å². The van der Waals surface area contributed by atoms with Gasteiger partial charge in [-0.3, -0.25) is 14.5 Å². The Hall–Kier alpha value is -3.46. The number of hydrogen-bond donors (Lipinski definition) is 1. The van der Waals surface area contributed by atoms with Crippen LogP contribution in [0.3, 0.4) is 0 Å². The fourth-order valence-corrected chi connectivity index (χ4v) is 3.87. The van der Waals surface area contributed by atoms with E-state index < -0.39 is 23.7 Å². The van der Waals surface area contributed by atoms with Crippen LogP contribution in [0.25, 0.3) is 0 Å². The lowest BCUT2D eigenvalue weighted by Crippen LogP contribution is -2.63. The van der Waals surface area contributed by atoms with Gasteiger partial charge in [-0.1, -0.05) is 66.7 Å². The summed E-state index contributed by atoms with van der Waals surface area (Å²) in [6.45, 7) is -0.125. The van der Waals surface area contributed by atoms with Gasteiger partial charge in [0.05, 0.1) is 11.4 Å². The first kappa shape index (κ1) is 20.8. The Balaban J connectivity index is 1.81. The molecule has 1 aliphatic rings. The molecule has 1 aliphatic heterocycles. The highest BCUT2D eigenvalue weighted by molar-refractivity contribution is 7.12. The Morgan fingerprint density at radius 3 is 2.23 bits per heavy atom. The van der Waals surface area contributed by atoms with Crippen molar-refractivity contribution in [2.45, 2.75) is 18.4 Å². The lowest BCUT2D eigenvalue weighted by molar-refractivity contribution is -0.196. The molecule has 0 saturated heterocycles. The number of alkyl halides is 3. The molecule has 0 spiro atoms. The summed E-state index contributed by atoms with van der Waals surface area (Å²) in [6.07, 6.45) is -5.15. The number of carbonyl (C=O) groups is 2. The molecule has 2 aromatic carbocycles. The molecule has 1 N–H and O–H groups in total. The fourth-order valence-electron chi connectivity index (χ4n) is 3.25. The van der Waals surface area contributed by atoms with E-state index in [4.69, 9.17) is 0 Å². The first-order chi connectivity index (χ1) is 14.8. The van der Waals surface area contributed by atoms with E-state index in [1.165, 1.54) is 12.1 Å². The zero-order valence-corrected chi connectivity index (χ0v) is 16.8. The summed E-state index contributed by atoms with van der Waals surface area (Å²) < 4.78 is 42.9. The smallest absolute Gasteiger partial charge is 0.311 e. The first-order valence-electron chi connectivity index (χ1n) is 9.26. The van der Waals surface area contributed by atoms with Gasteiger partial charge in [0.15, 0.2) is 0 Å². The van der Waals surface area contributed by atoms with Gasteiger partial charge in [-0.2, -0.15) is 13.2 Å². The van der Waals surface area contributed by atoms with E-state index in [9.17, 15) is 22.8 Å². The fraction of sp³-hybridized carbons (Fsp3) is 0.136. The highest BCUT2D eigenvalue weighted by Crippen LogP contribution is 2.39. The van der Waals surface area contributed by atoms with Crippen LogP contribution >= 0.6 is 11.3 Å². The Bertz CT molecular complexity index is 1120. The molecule has 158 valence electrons. The molecule has 2 heterocycles. The van der Waals surface area contributed by atoms with Crippen LogP contribution in [0, 0.1) is 0 Å². The minimum Gasteiger partial charge on any atom is -0.311 e. The van der Waals surface area contributed by atoms with Crippen molar-refractivity contribution in [1.29, 1.82) is 0 Å². The minimum atomic E-state index is -5.15. The summed E-state index contributed by atoms with van der Waals surface area (Å²) in [5.74, 6) is -2.52. The number of nitrogens with one attached hydrogen (secondary N) is 1. The largest absolute Gasteiger partial charge is 0.442 e. The number of thiophene rings is 1. The molecule has 0 radical (unpaired) electrons. The van der Waals surface area contributed by atoms with Gasteiger partial charge in [0.1, 0.15) is 5.84 Å². The predicted octanol–water partition coefficient (Wildman–Crippen LogP) is 4.23. The van der Waals surface area contributed by atoms with Crippen LogP contribution in [-0.4, -0.2) is 34.4 Å². The van der Waals surface area contributed by atoms with Crippen molar-refractivity contribution in [1.82, 2.24) is 10.2 Å². The van der Waals surface area contributed by atoms with Gasteiger partial charge < -0.3 is 5.32 Å². The van der Waals surface area contributed by atoms with Gasteiger partial charge >= 0.3 is 11.8 Å². The molecule has 1 unspecified atom stereocenters. The Kier molecular flexibility index (Phi) is 5.36.